The van der Waals surface area contributed by atoms with Gasteiger partial charge in [-0.05, 0) is 19.1 Å². The van der Waals surface area contributed by atoms with Crippen LogP contribution in [0.5, 0.6) is 0 Å². The highest BCUT2D eigenvalue weighted by molar-refractivity contribution is 5.92. The number of amides is 1. The van der Waals surface area contributed by atoms with Crippen LogP contribution in [0, 0.1) is 11.3 Å². The zero-order valence-corrected chi connectivity index (χ0v) is 8.27. The summed E-state index contributed by atoms with van der Waals surface area (Å²) in [6, 6.07) is 6.71. The second-order valence-corrected chi connectivity index (χ2v) is 3.27. The molecule has 1 heterocycles. The van der Waals surface area contributed by atoms with Crippen LogP contribution in [0.15, 0.2) is 24.4 Å². The molecule has 5 nitrogen and oxygen atoms in total. The first-order valence-electron chi connectivity index (χ1n) is 4.37. The molecule has 15 heavy (non-hydrogen) atoms. The zero-order valence-electron chi connectivity index (χ0n) is 8.27. The predicted molar refractivity (Wildman–Crippen MR) is 52.8 cm³/mol. The summed E-state index contributed by atoms with van der Waals surface area (Å²) < 4.78 is 0. The van der Waals surface area contributed by atoms with Gasteiger partial charge < -0.3 is 10.4 Å². The predicted octanol–water partition coefficient (Wildman–Crippen LogP) is 0.0860. The Hall–Kier alpha value is -1.93. The molecule has 1 atom stereocenters. The Morgan fingerprint density at radius 2 is 2.47 bits per heavy atom. The van der Waals surface area contributed by atoms with Gasteiger partial charge in [0.15, 0.2) is 0 Å². The number of carbonyl (C=O) groups excluding carboxylic acids is 1. The average molecular weight is 205 g/mol. The van der Waals surface area contributed by atoms with Crippen LogP contribution in [0.25, 0.3) is 0 Å². The van der Waals surface area contributed by atoms with Gasteiger partial charge in [-0.25, -0.2) is 0 Å². The standard InChI is InChI=1S/C10H11N3O2/c1-10(6-11,7-14)13-9(15)8-4-2-3-5-12-8/h2-5,14H,7H2,1H3,(H,13,15). The second kappa shape index (κ2) is 4.53. The quantitative estimate of drug-likeness (QED) is 0.732. The molecule has 0 aliphatic rings. The fourth-order valence-corrected chi connectivity index (χ4v) is 0.915. The number of rotatable bonds is 3. The van der Waals surface area contributed by atoms with Crippen LogP contribution >= 0.6 is 0 Å². The van der Waals surface area contributed by atoms with Crippen LogP contribution in [0.2, 0.25) is 0 Å². The molecule has 0 bridgehead atoms. The summed E-state index contributed by atoms with van der Waals surface area (Å²) in [5, 5.41) is 20.1. The van der Waals surface area contributed by atoms with Gasteiger partial charge in [0.2, 0.25) is 0 Å². The molecule has 2 N–H and O–H groups in total. The number of aliphatic hydroxyl groups is 1. The summed E-state index contributed by atoms with van der Waals surface area (Å²) in [5.41, 5.74) is -1.05. The SMILES string of the molecule is CC(C#N)(CO)NC(=O)c1ccccn1. The Balaban J connectivity index is 2.77. The van der Waals surface area contributed by atoms with Crippen molar-refractivity contribution in [1.29, 1.82) is 5.26 Å². The van der Waals surface area contributed by atoms with Gasteiger partial charge in [0, 0.05) is 6.20 Å². The maximum absolute atomic E-state index is 11.5. The molecule has 0 radical (unpaired) electrons. The molecule has 1 aromatic heterocycles. The van der Waals surface area contributed by atoms with Gasteiger partial charge in [0.25, 0.3) is 5.91 Å². The summed E-state index contributed by atoms with van der Waals surface area (Å²) in [6.45, 7) is 0.996. The molecule has 1 amide bonds. The van der Waals surface area contributed by atoms with Crippen molar-refractivity contribution in [3.8, 4) is 6.07 Å². The van der Waals surface area contributed by atoms with E-state index in [1.807, 2.05) is 6.07 Å². The van der Waals surface area contributed by atoms with E-state index in [1.54, 1.807) is 12.1 Å². The normalized spacial score (nSPS) is 13.7. The van der Waals surface area contributed by atoms with Gasteiger partial charge in [0.1, 0.15) is 11.2 Å². The minimum Gasteiger partial charge on any atom is -0.393 e. The highest BCUT2D eigenvalue weighted by Crippen LogP contribution is 2.02. The third kappa shape index (κ3) is 2.76. The van der Waals surface area contributed by atoms with Crippen molar-refractivity contribution in [2.45, 2.75) is 12.5 Å². The third-order valence-corrected chi connectivity index (χ3v) is 1.85. The van der Waals surface area contributed by atoms with E-state index in [4.69, 9.17) is 10.4 Å². The Labute approximate surface area is 87.4 Å². The molecule has 0 aliphatic carbocycles. The summed E-state index contributed by atoms with van der Waals surface area (Å²) in [6.07, 6.45) is 1.48. The number of nitrogens with one attached hydrogen (secondary N) is 1. The van der Waals surface area contributed by atoms with Gasteiger partial charge in [-0.15, -0.1) is 0 Å². The molecule has 0 spiro atoms. The number of aliphatic hydroxyl groups excluding tert-OH is 1. The smallest absolute Gasteiger partial charge is 0.271 e. The van der Waals surface area contributed by atoms with Crippen LogP contribution in [-0.2, 0) is 0 Å². The van der Waals surface area contributed by atoms with Gasteiger partial charge >= 0.3 is 0 Å². The lowest BCUT2D eigenvalue weighted by atomic mass is 10.1. The maximum atomic E-state index is 11.5. The van der Waals surface area contributed by atoms with Crippen LogP contribution in [0.4, 0.5) is 0 Å². The van der Waals surface area contributed by atoms with Crippen molar-refractivity contribution >= 4 is 5.91 Å². The molecule has 1 aromatic rings. The minimum absolute atomic E-state index is 0.215. The summed E-state index contributed by atoms with van der Waals surface area (Å²) in [4.78, 5) is 15.4. The molecule has 0 fully saturated rings. The van der Waals surface area contributed by atoms with E-state index in [2.05, 4.69) is 10.3 Å². The van der Waals surface area contributed by atoms with Gasteiger partial charge in [0.05, 0.1) is 12.7 Å². The van der Waals surface area contributed by atoms with Crippen LogP contribution in [0.3, 0.4) is 0 Å². The number of nitrogens with zero attached hydrogens (tertiary/aromatic N) is 2. The Kier molecular flexibility index (Phi) is 3.37. The van der Waals surface area contributed by atoms with Crippen LogP contribution in [0.1, 0.15) is 17.4 Å². The minimum atomic E-state index is -1.27. The lowest BCUT2D eigenvalue weighted by molar-refractivity contribution is 0.0888. The first kappa shape index (κ1) is 11.1. The fraction of sp³-hybridized carbons (Fsp3) is 0.300. The van der Waals surface area contributed by atoms with E-state index in [0.717, 1.165) is 0 Å². The maximum Gasteiger partial charge on any atom is 0.271 e. The third-order valence-electron chi connectivity index (χ3n) is 1.85. The zero-order chi connectivity index (χ0) is 11.3. The van der Waals surface area contributed by atoms with Crippen molar-refractivity contribution < 1.29 is 9.90 Å². The van der Waals surface area contributed by atoms with Gasteiger partial charge in [-0.3, -0.25) is 9.78 Å². The van der Waals surface area contributed by atoms with E-state index in [1.165, 1.54) is 19.2 Å². The average Bonchev–Trinajstić information content (AvgIpc) is 2.30. The van der Waals surface area contributed by atoms with E-state index in [9.17, 15) is 4.79 Å². The summed E-state index contributed by atoms with van der Waals surface area (Å²) in [7, 11) is 0. The van der Waals surface area contributed by atoms with E-state index < -0.39 is 18.1 Å². The largest absolute Gasteiger partial charge is 0.393 e. The van der Waals surface area contributed by atoms with Gasteiger partial charge in [-0.1, -0.05) is 6.07 Å². The lowest BCUT2D eigenvalue weighted by Gasteiger charge is -2.19. The lowest BCUT2D eigenvalue weighted by Crippen LogP contribution is -2.47. The number of hydrogen-bond donors (Lipinski definition) is 2. The second-order valence-electron chi connectivity index (χ2n) is 3.27. The monoisotopic (exact) mass is 205 g/mol. The Morgan fingerprint density at radius 3 is 2.93 bits per heavy atom. The Bertz CT molecular complexity index is 385. The van der Waals surface area contributed by atoms with Crippen molar-refractivity contribution in [2.75, 3.05) is 6.61 Å². The summed E-state index contributed by atoms with van der Waals surface area (Å²) in [5.74, 6) is -0.478. The van der Waals surface area contributed by atoms with Crippen molar-refractivity contribution in [3.05, 3.63) is 30.1 Å². The topological polar surface area (TPSA) is 86.0 Å². The van der Waals surface area contributed by atoms with Crippen molar-refractivity contribution in [1.82, 2.24) is 10.3 Å². The van der Waals surface area contributed by atoms with Gasteiger partial charge in [-0.2, -0.15) is 5.26 Å². The number of aromatic nitrogens is 1. The number of nitriles is 1. The molecular weight excluding hydrogens is 194 g/mol. The molecular formula is C10H11N3O2. The fourth-order valence-electron chi connectivity index (χ4n) is 0.915. The summed E-state index contributed by atoms with van der Waals surface area (Å²) >= 11 is 0. The van der Waals surface area contributed by atoms with Crippen molar-refractivity contribution in [2.24, 2.45) is 0 Å². The molecule has 0 saturated heterocycles. The molecule has 0 aliphatic heterocycles. The van der Waals surface area contributed by atoms with Crippen LogP contribution < -0.4 is 5.32 Å². The Morgan fingerprint density at radius 1 is 1.73 bits per heavy atom. The van der Waals surface area contributed by atoms with E-state index >= 15 is 0 Å². The first-order chi connectivity index (χ1) is 7.11. The molecule has 1 unspecified atom stereocenters. The number of carbonyl (C=O) groups is 1. The molecule has 1 rings (SSSR count). The molecule has 0 saturated carbocycles. The van der Waals surface area contributed by atoms with Crippen molar-refractivity contribution in [3.63, 3.8) is 0 Å². The number of hydrogen-bond acceptors (Lipinski definition) is 4. The highest BCUT2D eigenvalue weighted by Gasteiger charge is 2.25. The van der Waals surface area contributed by atoms with E-state index in [-0.39, 0.29) is 5.69 Å². The highest BCUT2D eigenvalue weighted by atomic mass is 16.3. The van der Waals surface area contributed by atoms with E-state index in [0.29, 0.717) is 0 Å². The molecule has 78 valence electrons. The first-order valence-corrected chi connectivity index (χ1v) is 4.37. The molecule has 5 heteroatoms. The van der Waals surface area contributed by atoms with Crippen LogP contribution in [-0.4, -0.2) is 28.1 Å². The number of pyridine rings is 1. The molecule has 0 aromatic carbocycles.